The summed E-state index contributed by atoms with van der Waals surface area (Å²) in [6.07, 6.45) is 0. The number of carbonyl (C=O) groups excluding carboxylic acids is 1. The van der Waals surface area contributed by atoms with Crippen molar-refractivity contribution >= 4 is 17.1 Å². The molecule has 1 N–H and O–H groups in total. The quantitative estimate of drug-likeness (QED) is 0.446. The third-order valence-corrected chi connectivity index (χ3v) is 4.83. The molecular weight excluding hydrogens is 393 g/mol. The van der Waals surface area contributed by atoms with Crippen LogP contribution in [0.1, 0.15) is 15.9 Å². The fourth-order valence-electron chi connectivity index (χ4n) is 3.45. The normalized spacial score (nSPS) is 11.0. The summed E-state index contributed by atoms with van der Waals surface area (Å²) in [4.78, 5) is 12.3. The number of ether oxygens (including phenoxy) is 1. The number of hydrogen-bond acceptors (Lipinski definition) is 2. The van der Waals surface area contributed by atoms with Crippen molar-refractivity contribution in [3.63, 3.8) is 0 Å². The molecule has 0 unspecified atom stereocenters. The zero-order valence-corrected chi connectivity index (χ0v) is 16.2. The first-order valence-electron chi connectivity index (χ1n) is 9.10. The molecule has 2 aromatic carbocycles. The van der Waals surface area contributed by atoms with Gasteiger partial charge in [0.25, 0.3) is 5.91 Å². The molecule has 0 saturated heterocycles. The van der Waals surface area contributed by atoms with Gasteiger partial charge in [0.1, 0.15) is 5.82 Å². The van der Waals surface area contributed by atoms with Gasteiger partial charge in [0, 0.05) is 17.3 Å². The molecule has 152 valence electrons. The number of nitrogens with zero attached hydrogens (tertiary/aromatic N) is 1. The number of anilines is 1. The predicted molar refractivity (Wildman–Crippen MR) is 108 cm³/mol. The minimum Gasteiger partial charge on any atom is -0.482 e. The van der Waals surface area contributed by atoms with E-state index >= 15 is 0 Å². The third kappa shape index (κ3) is 3.39. The Kier molecular flexibility index (Phi) is 4.95. The monoisotopic (exact) mass is 410 g/mol. The number of methoxy groups -OCH3 is 1. The maximum atomic E-state index is 13.8. The van der Waals surface area contributed by atoms with Crippen molar-refractivity contribution < 1.29 is 22.7 Å². The van der Waals surface area contributed by atoms with Crippen molar-refractivity contribution in [3.8, 4) is 17.1 Å². The van der Waals surface area contributed by atoms with Crippen LogP contribution in [0.25, 0.3) is 16.8 Å². The number of fused-ring (bicyclic) bond motifs is 1. The summed E-state index contributed by atoms with van der Waals surface area (Å²) < 4.78 is 47.7. The first kappa shape index (κ1) is 19.6. The van der Waals surface area contributed by atoms with Crippen LogP contribution in [-0.2, 0) is 0 Å². The smallest absolute Gasteiger partial charge is 0.258 e. The van der Waals surface area contributed by atoms with Crippen LogP contribution >= 0.6 is 0 Å². The highest BCUT2D eigenvalue weighted by atomic mass is 19.2. The Hall–Kier alpha value is -3.74. The average Bonchev–Trinajstić information content (AvgIpc) is 3.07. The molecule has 2 aromatic heterocycles. The summed E-state index contributed by atoms with van der Waals surface area (Å²) in [5.41, 5.74) is 3.66. The number of pyridine rings is 1. The van der Waals surface area contributed by atoms with Crippen molar-refractivity contribution in [2.75, 3.05) is 12.4 Å². The molecule has 0 spiro atoms. The van der Waals surface area contributed by atoms with Gasteiger partial charge in [0.15, 0.2) is 17.5 Å². The molecule has 7 heteroatoms. The summed E-state index contributed by atoms with van der Waals surface area (Å²) in [5.74, 6) is -3.96. The maximum Gasteiger partial charge on any atom is 0.258 e. The number of nitrogens with one attached hydrogen (secondary N) is 1. The summed E-state index contributed by atoms with van der Waals surface area (Å²) in [7, 11) is 1.60. The molecule has 0 saturated carbocycles. The molecule has 30 heavy (non-hydrogen) atoms. The number of carbonyl (C=O) groups is 1. The van der Waals surface area contributed by atoms with Crippen molar-refractivity contribution in [3.05, 3.63) is 89.2 Å². The maximum absolute atomic E-state index is 13.8. The molecule has 4 aromatic rings. The minimum atomic E-state index is -1.35. The topological polar surface area (TPSA) is 42.7 Å². The van der Waals surface area contributed by atoms with E-state index in [1.54, 1.807) is 31.4 Å². The molecule has 0 atom stereocenters. The van der Waals surface area contributed by atoms with Gasteiger partial charge in [-0.05, 0) is 54.4 Å². The molecule has 4 rings (SSSR count). The number of benzene rings is 2. The standard InChI is InChI=1S/C23H17F3N2O2/c1-13-10-16-4-3-5-21(30-2)28(16)22(13)14-6-8-15(9-7-14)27-23(29)17-11-19(25)20(26)12-18(17)24/h3-12H,1-2H3,(H,27,29). The molecule has 2 heterocycles. The molecule has 0 bridgehead atoms. The van der Waals surface area contributed by atoms with Gasteiger partial charge in [-0.25, -0.2) is 13.2 Å². The molecular formula is C23H17F3N2O2. The number of hydrogen-bond donors (Lipinski definition) is 1. The lowest BCUT2D eigenvalue weighted by Gasteiger charge is -2.11. The minimum absolute atomic E-state index is 0.348. The summed E-state index contributed by atoms with van der Waals surface area (Å²) >= 11 is 0. The van der Waals surface area contributed by atoms with Gasteiger partial charge in [-0.1, -0.05) is 18.2 Å². The van der Waals surface area contributed by atoms with E-state index < -0.39 is 28.9 Å². The van der Waals surface area contributed by atoms with Crippen molar-refractivity contribution in [2.45, 2.75) is 6.92 Å². The van der Waals surface area contributed by atoms with Gasteiger partial charge in [-0.15, -0.1) is 0 Å². The zero-order chi connectivity index (χ0) is 21.4. The lowest BCUT2D eigenvalue weighted by molar-refractivity contribution is 0.102. The van der Waals surface area contributed by atoms with E-state index in [1.807, 2.05) is 35.6 Å². The van der Waals surface area contributed by atoms with Gasteiger partial charge < -0.3 is 10.1 Å². The Morgan fingerprint density at radius 3 is 2.33 bits per heavy atom. The largest absolute Gasteiger partial charge is 0.482 e. The Balaban J connectivity index is 1.65. The van der Waals surface area contributed by atoms with Gasteiger partial charge in [-0.2, -0.15) is 0 Å². The summed E-state index contributed by atoms with van der Waals surface area (Å²) in [5, 5.41) is 2.49. The van der Waals surface area contributed by atoms with Crippen LogP contribution in [-0.4, -0.2) is 17.4 Å². The van der Waals surface area contributed by atoms with Crippen LogP contribution in [0, 0.1) is 24.4 Å². The molecule has 4 nitrogen and oxygen atoms in total. The van der Waals surface area contributed by atoms with Crippen LogP contribution in [0.15, 0.2) is 60.7 Å². The molecule has 0 aliphatic heterocycles. The van der Waals surface area contributed by atoms with Crippen LogP contribution < -0.4 is 10.1 Å². The lowest BCUT2D eigenvalue weighted by atomic mass is 10.1. The lowest BCUT2D eigenvalue weighted by Crippen LogP contribution is -2.14. The van der Waals surface area contributed by atoms with Crippen LogP contribution in [0.4, 0.5) is 18.9 Å². The predicted octanol–water partition coefficient (Wildman–Crippen LogP) is 5.59. The van der Waals surface area contributed by atoms with E-state index in [2.05, 4.69) is 5.32 Å². The number of amides is 1. The summed E-state index contributed by atoms with van der Waals surface area (Å²) in [6.45, 7) is 1.99. The van der Waals surface area contributed by atoms with E-state index in [0.717, 1.165) is 22.3 Å². The van der Waals surface area contributed by atoms with Crippen molar-refractivity contribution in [1.29, 1.82) is 0 Å². The number of aromatic nitrogens is 1. The highest BCUT2D eigenvalue weighted by molar-refractivity contribution is 6.04. The number of rotatable bonds is 4. The van der Waals surface area contributed by atoms with E-state index in [-0.39, 0.29) is 0 Å². The first-order chi connectivity index (χ1) is 14.4. The number of halogens is 3. The van der Waals surface area contributed by atoms with Crippen LogP contribution in [0.5, 0.6) is 5.88 Å². The Morgan fingerprint density at radius 1 is 0.933 bits per heavy atom. The highest BCUT2D eigenvalue weighted by Crippen LogP contribution is 2.31. The fraction of sp³-hybridized carbons (Fsp3) is 0.0870. The Bertz CT molecular complexity index is 1260. The van der Waals surface area contributed by atoms with Crippen molar-refractivity contribution in [1.82, 2.24) is 4.40 Å². The average molecular weight is 410 g/mol. The molecule has 1 amide bonds. The summed E-state index contributed by atoms with van der Waals surface area (Å²) in [6, 6.07) is 15.6. The van der Waals surface area contributed by atoms with Crippen LogP contribution in [0.3, 0.4) is 0 Å². The highest BCUT2D eigenvalue weighted by Gasteiger charge is 2.17. The molecule has 0 aliphatic carbocycles. The van der Waals surface area contributed by atoms with E-state index in [4.69, 9.17) is 4.74 Å². The van der Waals surface area contributed by atoms with Crippen LogP contribution in [0.2, 0.25) is 0 Å². The van der Waals surface area contributed by atoms with Crippen molar-refractivity contribution in [2.24, 2.45) is 0 Å². The van der Waals surface area contributed by atoms with E-state index in [9.17, 15) is 18.0 Å². The zero-order valence-electron chi connectivity index (χ0n) is 16.2. The Morgan fingerprint density at radius 2 is 1.63 bits per heavy atom. The fourth-order valence-corrected chi connectivity index (χ4v) is 3.45. The van der Waals surface area contributed by atoms with Gasteiger partial charge in [-0.3, -0.25) is 9.20 Å². The molecule has 0 aliphatic rings. The molecule has 0 fully saturated rings. The van der Waals surface area contributed by atoms with Gasteiger partial charge >= 0.3 is 0 Å². The van der Waals surface area contributed by atoms with E-state index in [0.29, 0.717) is 23.7 Å². The Labute approximate surface area is 170 Å². The first-order valence-corrected chi connectivity index (χ1v) is 9.10. The van der Waals surface area contributed by atoms with Gasteiger partial charge in [0.05, 0.1) is 18.4 Å². The second kappa shape index (κ2) is 7.59. The second-order valence-electron chi connectivity index (χ2n) is 6.78. The number of aryl methyl sites for hydroxylation is 1. The second-order valence-corrected chi connectivity index (χ2v) is 6.78. The SMILES string of the molecule is COc1cccc2cc(C)c(-c3ccc(NC(=O)c4cc(F)c(F)cc4F)cc3)n12. The molecule has 0 radical (unpaired) electrons. The third-order valence-electron chi connectivity index (χ3n) is 4.83. The van der Waals surface area contributed by atoms with Gasteiger partial charge in [0.2, 0.25) is 0 Å². The van der Waals surface area contributed by atoms with E-state index in [1.165, 1.54) is 0 Å².